The fraction of sp³-hybridized carbons (Fsp3) is 0.917. The minimum Gasteiger partial charge on any atom is -0.368 e. The molecule has 1 saturated heterocycles. The van der Waals surface area contributed by atoms with Crippen molar-refractivity contribution in [3.63, 3.8) is 0 Å². The number of nitrogens with zero attached hydrogens (tertiary/aromatic N) is 1. The number of nitrogens with two attached hydrogens (primary N) is 1. The summed E-state index contributed by atoms with van der Waals surface area (Å²) in [6, 6.07) is 0.695. The van der Waals surface area contributed by atoms with Crippen molar-refractivity contribution >= 4 is 5.91 Å². The fourth-order valence-electron chi connectivity index (χ4n) is 3.32. The summed E-state index contributed by atoms with van der Waals surface area (Å²) < 4.78 is 0. The highest BCUT2D eigenvalue weighted by atomic mass is 16.1. The van der Waals surface area contributed by atoms with Gasteiger partial charge in [-0.25, -0.2) is 0 Å². The van der Waals surface area contributed by atoms with Crippen LogP contribution in [0.25, 0.3) is 0 Å². The van der Waals surface area contributed by atoms with Crippen LogP contribution in [0, 0.1) is 5.92 Å². The van der Waals surface area contributed by atoms with Crippen LogP contribution >= 0.6 is 0 Å². The van der Waals surface area contributed by atoms with Crippen LogP contribution in [0.2, 0.25) is 0 Å². The first-order valence-electron chi connectivity index (χ1n) is 6.29. The van der Waals surface area contributed by atoms with Crippen molar-refractivity contribution in [3.05, 3.63) is 0 Å². The third kappa shape index (κ3) is 2.03. The molecule has 2 fully saturated rings. The van der Waals surface area contributed by atoms with E-state index in [0.29, 0.717) is 6.04 Å². The lowest BCUT2D eigenvalue weighted by Gasteiger charge is -2.27. The average Bonchev–Trinajstić information content (AvgIpc) is 2.74. The molecule has 1 saturated carbocycles. The van der Waals surface area contributed by atoms with Crippen LogP contribution in [0.15, 0.2) is 0 Å². The molecule has 3 unspecified atom stereocenters. The second-order valence-corrected chi connectivity index (χ2v) is 5.00. The smallest absolute Gasteiger partial charge is 0.234 e. The van der Waals surface area contributed by atoms with Gasteiger partial charge in [0.1, 0.15) is 0 Å². The van der Waals surface area contributed by atoms with Crippen LogP contribution in [0.5, 0.6) is 0 Å². The predicted molar refractivity (Wildman–Crippen MR) is 60.3 cm³/mol. The van der Waals surface area contributed by atoms with E-state index in [0.717, 1.165) is 18.9 Å². The van der Waals surface area contributed by atoms with Crippen molar-refractivity contribution < 1.29 is 4.79 Å². The maximum atomic E-state index is 11.4. The number of fused-ring (bicyclic) bond motifs is 1. The number of rotatable bonds is 4. The minimum atomic E-state index is -0.111. The fourth-order valence-corrected chi connectivity index (χ4v) is 3.32. The number of likely N-dealkylation sites (tertiary alicyclic amines) is 1. The zero-order valence-electron chi connectivity index (χ0n) is 9.61. The summed E-state index contributed by atoms with van der Waals surface area (Å²) in [6.45, 7) is 3.26. The number of amides is 1. The number of hydrogen-bond donors (Lipinski definition) is 1. The van der Waals surface area contributed by atoms with E-state index < -0.39 is 0 Å². The minimum absolute atomic E-state index is 0.0341. The van der Waals surface area contributed by atoms with Crippen molar-refractivity contribution in [1.29, 1.82) is 0 Å². The Kier molecular flexibility index (Phi) is 3.29. The van der Waals surface area contributed by atoms with Gasteiger partial charge in [-0.15, -0.1) is 0 Å². The van der Waals surface area contributed by atoms with Gasteiger partial charge in [-0.1, -0.05) is 19.8 Å². The van der Waals surface area contributed by atoms with Gasteiger partial charge in [-0.2, -0.15) is 0 Å². The molecule has 1 amide bonds. The van der Waals surface area contributed by atoms with Gasteiger partial charge >= 0.3 is 0 Å². The summed E-state index contributed by atoms with van der Waals surface area (Å²) in [4.78, 5) is 13.8. The van der Waals surface area contributed by atoms with E-state index in [1.165, 1.54) is 32.1 Å². The van der Waals surface area contributed by atoms with Crippen molar-refractivity contribution in [2.45, 2.75) is 57.5 Å². The van der Waals surface area contributed by atoms with Gasteiger partial charge in [-0.05, 0) is 38.1 Å². The Balaban J connectivity index is 2.03. The molecule has 0 aromatic rings. The molecule has 3 nitrogen and oxygen atoms in total. The first kappa shape index (κ1) is 10.9. The summed E-state index contributed by atoms with van der Waals surface area (Å²) in [5, 5.41) is 0. The molecule has 0 radical (unpaired) electrons. The molecule has 3 heteroatoms. The third-order valence-corrected chi connectivity index (χ3v) is 4.07. The van der Waals surface area contributed by atoms with E-state index in [4.69, 9.17) is 5.73 Å². The van der Waals surface area contributed by atoms with Gasteiger partial charge in [0, 0.05) is 6.04 Å². The van der Waals surface area contributed by atoms with E-state index in [9.17, 15) is 4.79 Å². The molecule has 0 aromatic heterocycles. The van der Waals surface area contributed by atoms with Gasteiger partial charge in [-0.3, -0.25) is 9.69 Å². The molecule has 2 rings (SSSR count). The normalized spacial score (nSPS) is 35.7. The van der Waals surface area contributed by atoms with Crippen LogP contribution in [-0.2, 0) is 4.79 Å². The number of primary amides is 1. The predicted octanol–water partition coefficient (Wildman–Crippen LogP) is 1.51. The summed E-state index contributed by atoms with van der Waals surface area (Å²) in [7, 11) is 0. The molecule has 0 spiro atoms. The zero-order valence-corrected chi connectivity index (χ0v) is 9.61. The Morgan fingerprint density at radius 2 is 2.27 bits per heavy atom. The lowest BCUT2D eigenvalue weighted by Crippen LogP contribution is -2.44. The van der Waals surface area contributed by atoms with Crippen molar-refractivity contribution in [2.24, 2.45) is 11.7 Å². The number of hydrogen-bond acceptors (Lipinski definition) is 2. The Morgan fingerprint density at radius 1 is 1.47 bits per heavy atom. The molecular formula is C12H22N2O. The zero-order chi connectivity index (χ0) is 10.8. The largest absolute Gasteiger partial charge is 0.368 e. The Morgan fingerprint density at radius 3 is 2.93 bits per heavy atom. The van der Waals surface area contributed by atoms with Crippen molar-refractivity contribution in [3.8, 4) is 0 Å². The maximum absolute atomic E-state index is 11.4. The van der Waals surface area contributed by atoms with Crippen LogP contribution in [0.3, 0.4) is 0 Å². The molecule has 15 heavy (non-hydrogen) atoms. The highest BCUT2D eigenvalue weighted by Crippen LogP contribution is 2.41. The number of unbranched alkanes of at least 4 members (excludes halogenated alkanes) is 1. The quantitative estimate of drug-likeness (QED) is 0.764. The van der Waals surface area contributed by atoms with Gasteiger partial charge in [0.2, 0.25) is 5.91 Å². The molecule has 1 aliphatic heterocycles. The molecule has 1 aliphatic carbocycles. The second-order valence-electron chi connectivity index (χ2n) is 5.00. The molecule has 0 aromatic carbocycles. The maximum Gasteiger partial charge on any atom is 0.234 e. The lowest BCUT2D eigenvalue weighted by atomic mass is 10.0. The van der Waals surface area contributed by atoms with Gasteiger partial charge in [0.15, 0.2) is 0 Å². The molecule has 1 heterocycles. The second kappa shape index (κ2) is 4.52. The Hall–Kier alpha value is -0.570. The summed E-state index contributed by atoms with van der Waals surface area (Å²) >= 11 is 0. The van der Waals surface area contributed by atoms with Crippen LogP contribution < -0.4 is 5.73 Å². The topological polar surface area (TPSA) is 46.3 Å². The van der Waals surface area contributed by atoms with E-state index in [1.807, 2.05) is 0 Å². The van der Waals surface area contributed by atoms with Crippen molar-refractivity contribution in [2.75, 3.05) is 6.54 Å². The Labute approximate surface area is 92.0 Å². The molecule has 0 bridgehead atoms. The van der Waals surface area contributed by atoms with Gasteiger partial charge in [0.25, 0.3) is 0 Å². The van der Waals surface area contributed by atoms with Crippen LogP contribution in [-0.4, -0.2) is 29.4 Å². The summed E-state index contributed by atoms with van der Waals surface area (Å²) in [5.74, 6) is 0.639. The Bertz CT molecular complexity index is 242. The first-order valence-corrected chi connectivity index (χ1v) is 6.29. The monoisotopic (exact) mass is 210 g/mol. The molecule has 86 valence electrons. The summed E-state index contributed by atoms with van der Waals surface area (Å²) in [6.07, 6.45) is 7.31. The molecule has 2 N–H and O–H groups in total. The standard InChI is InChI=1S/C12H22N2O/c1-2-3-7-14-10-6-4-5-9(10)8-11(14)12(13)15/h9-11H,2-8H2,1H3,(H2,13,15). The van der Waals surface area contributed by atoms with E-state index in [-0.39, 0.29) is 11.9 Å². The molecule has 2 aliphatic rings. The lowest BCUT2D eigenvalue weighted by molar-refractivity contribution is -0.122. The van der Waals surface area contributed by atoms with Crippen LogP contribution in [0.4, 0.5) is 0 Å². The highest BCUT2D eigenvalue weighted by Gasteiger charge is 2.44. The van der Waals surface area contributed by atoms with Gasteiger partial charge < -0.3 is 5.73 Å². The highest BCUT2D eigenvalue weighted by molar-refractivity contribution is 5.80. The SMILES string of the molecule is CCCCN1C(C(N)=O)CC2CCCC21. The first-order chi connectivity index (χ1) is 7.24. The molecular weight excluding hydrogens is 188 g/mol. The van der Waals surface area contributed by atoms with Crippen molar-refractivity contribution in [1.82, 2.24) is 4.90 Å². The summed E-state index contributed by atoms with van der Waals surface area (Å²) in [5.41, 5.74) is 5.48. The van der Waals surface area contributed by atoms with E-state index in [2.05, 4.69) is 11.8 Å². The average molecular weight is 210 g/mol. The molecule has 3 atom stereocenters. The van der Waals surface area contributed by atoms with Gasteiger partial charge in [0.05, 0.1) is 6.04 Å². The van der Waals surface area contributed by atoms with E-state index in [1.54, 1.807) is 0 Å². The van der Waals surface area contributed by atoms with Crippen LogP contribution in [0.1, 0.15) is 45.4 Å². The van der Waals surface area contributed by atoms with E-state index >= 15 is 0 Å². The number of carbonyl (C=O) groups excluding carboxylic acids is 1. The number of carbonyl (C=O) groups is 1. The third-order valence-electron chi connectivity index (χ3n) is 4.07.